The van der Waals surface area contributed by atoms with Crippen molar-refractivity contribution in [3.8, 4) is 5.75 Å². The van der Waals surface area contributed by atoms with E-state index in [4.69, 9.17) is 4.74 Å². The van der Waals surface area contributed by atoms with Crippen molar-refractivity contribution in [3.05, 3.63) is 29.3 Å². The maximum Gasteiger partial charge on any atom is 0.163 e. The second kappa shape index (κ2) is 5.82. The average Bonchev–Trinajstić information content (AvgIpc) is 2.15. The summed E-state index contributed by atoms with van der Waals surface area (Å²) in [5, 5.41) is 0. The molecule has 1 aromatic carbocycles. The van der Waals surface area contributed by atoms with E-state index in [0.717, 1.165) is 12.1 Å². The molecule has 3 nitrogen and oxygen atoms in total. The van der Waals surface area contributed by atoms with Gasteiger partial charge in [0, 0.05) is 6.54 Å². The minimum Gasteiger partial charge on any atom is -0.489 e. The Balaban J connectivity index is 2.88. The van der Waals surface area contributed by atoms with Gasteiger partial charge in [-0.1, -0.05) is 6.07 Å². The Morgan fingerprint density at radius 1 is 1.41 bits per heavy atom. The quantitative estimate of drug-likeness (QED) is 0.734. The minimum absolute atomic E-state index is 0.0389. The second-order valence-corrected chi connectivity index (χ2v) is 4.75. The van der Waals surface area contributed by atoms with Gasteiger partial charge in [-0.05, 0) is 52.6 Å². The zero-order valence-electron chi connectivity index (χ0n) is 11.3. The summed E-state index contributed by atoms with van der Waals surface area (Å²) in [5.74, 6) is 0.726. The van der Waals surface area contributed by atoms with Gasteiger partial charge in [0.25, 0.3) is 0 Å². The van der Waals surface area contributed by atoms with Crippen molar-refractivity contribution in [2.24, 2.45) is 0 Å². The van der Waals surface area contributed by atoms with Gasteiger partial charge in [0.2, 0.25) is 0 Å². The number of Topliss-reactive ketones (excluding diaryl/α,β-unsaturated/α-hetero) is 1. The standard InChI is InChI=1S/C14H21NO2/c1-10-6-7-13(12(3)16)14(8-10)17-11(2)9-15(4)5/h6-8,11H,9H2,1-5H3/t11-/m1/s1. The van der Waals surface area contributed by atoms with E-state index in [1.165, 1.54) is 0 Å². The number of nitrogens with zero attached hydrogens (tertiary/aromatic N) is 1. The number of ketones is 1. The monoisotopic (exact) mass is 235 g/mol. The molecule has 0 aromatic heterocycles. The fourth-order valence-electron chi connectivity index (χ4n) is 1.79. The third-order valence-corrected chi connectivity index (χ3v) is 2.47. The maximum absolute atomic E-state index is 11.5. The van der Waals surface area contributed by atoms with E-state index in [0.29, 0.717) is 11.3 Å². The van der Waals surface area contributed by atoms with Gasteiger partial charge in [0.15, 0.2) is 5.78 Å². The van der Waals surface area contributed by atoms with E-state index >= 15 is 0 Å². The Morgan fingerprint density at radius 3 is 2.59 bits per heavy atom. The number of rotatable bonds is 5. The first kappa shape index (κ1) is 13.7. The zero-order valence-corrected chi connectivity index (χ0v) is 11.3. The molecular formula is C14H21NO2. The largest absolute Gasteiger partial charge is 0.489 e. The molecule has 0 saturated heterocycles. The number of carbonyl (C=O) groups excluding carboxylic acids is 1. The molecule has 0 amide bonds. The molecule has 0 saturated carbocycles. The summed E-state index contributed by atoms with van der Waals surface area (Å²) in [4.78, 5) is 13.6. The van der Waals surface area contributed by atoms with Gasteiger partial charge in [-0.15, -0.1) is 0 Å². The molecule has 1 rings (SSSR count). The molecule has 3 heteroatoms. The van der Waals surface area contributed by atoms with Gasteiger partial charge in [-0.3, -0.25) is 4.79 Å². The van der Waals surface area contributed by atoms with Crippen molar-refractivity contribution in [1.82, 2.24) is 4.90 Å². The summed E-state index contributed by atoms with van der Waals surface area (Å²) in [5.41, 5.74) is 1.75. The van der Waals surface area contributed by atoms with Crippen LogP contribution in [0.2, 0.25) is 0 Å². The van der Waals surface area contributed by atoms with Crippen molar-refractivity contribution >= 4 is 5.78 Å². The van der Waals surface area contributed by atoms with Gasteiger partial charge < -0.3 is 9.64 Å². The smallest absolute Gasteiger partial charge is 0.163 e. The molecule has 0 radical (unpaired) electrons. The van der Waals surface area contributed by atoms with E-state index in [2.05, 4.69) is 4.90 Å². The van der Waals surface area contributed by atoms with E-state index < -0.39 is 0 Å². The number of likely N-dealkylation sites (N-methyl/N-ethyl adjacent to an activating group) is 1. The molecule has 0 aliphatic heterocycles. The van der Waals surface area contributed by atoms with E-state index in [1.54, 1.807) is 6.92 Å². The molecule has 0 fully saturated rings. The average molecular weight is 235 g/mol. The number of carbonyl (C=O) groups is 1. The molecule has 0 heterocycles. The number of hydrogen-bond acceptors (Lipinski definition) is 3. The van der Waals surface area contributed by atoms with Crippen LogP contribution in [-0.4, -0.2) is 37.4 Å². The van der Waals surface area contributed by atoms with Crippen LogP contribution in [0.15, 0.2) is 18.2 Å². The van der Waals surface area contributed by atoms with Crippen molar-refractivity contribution in [2.75, 3.05) is 20.6 Å². The third-order valence-electron chi connectivity index (χ3n) is 2.47. The van der Waals surface area contributed by atoms with Gasteiger partial charge in [-0.2, -0.15) is 0 Å². The lowest BCUT2D eigenvalue weighted by Gasteiger charge is -2.20. The minimum atomic E-state index is 0.0389. The summed E-state index contributed by atoms with van der Waals surface area (Å²) in [6, 6.07) is 5.68. The van der Waals surface area contributed by atoms with Crippen LogP contribution in [-0.2, 0) is 0 Å². The van der Waals surface area contributed by atoms with Gasteiger partial charge in [0.1, 0.15) is 11.9 Å². The highest BCUT2D eigenvalue weighted by Crippen LogP contribution is 2.22. The number of hydrogen-bond donors (Lipinski definition) is 0. The number of aryl methyl sites for hydroxylation is 1. The fourth-order valence-corrected chi connectivity index (χ4v) is 1.79. The molecule has 0 N–H and O–H groups in total. The lowest BCUT2D eigenvalue weighted by molar-refractivity contribution is 0.100. The first-order chi connectivity index (χ1) is 7.90. The van der Waals surface area contributed by atoms with Crippen LogP contribution in [0.3, 0.4) is 0 Å². The van der Waals surface area contributed by atoms with Crippen LogP contribution in [0, 0.1) is 6.92 Å². The van der Waals surface area contributed by atoms with Gasteiger partial charge in [0.05, 0.1) is 5.56 Å². The Hall–Kier alpha value is -1.35. The third kappa shape index (κ3) is 4.19. The molecule has 17 heavy (non-hydrogen) atoms. The first-order valence-corrected chi connectivity index (χ1v) is 5.83. The molecule has 0 bridgehead atoms. The van der Waals surface area contributed by atoms with E-state index in [1.807, 2.05) is 46.1 Å². The summed E-state index contributed by atoms with van der Waals surface area (Å²) in [7, 11) is 4.00. The fraction of sp³-hybridized carbons (Fsp3) is 0.500. The first-order valence-electron chi connectivity index (χ1n) is 5.83. The summed E-state index contributed by atoms with van der Waals surface area (Å²) >= 11 is 0. The summed E-state index contributed by atoms with van der Waals surface area (Å²) in [6.45, 7) is 6.39. The van der Waals surface area contributed by atoms with Crippen LogP contribution in [0.4, 0.5) is 0 Å². The van der Waals surface area contributed by atoms with Crippen molar-refractivity contribution in [3.63, 3.8) is 0 Å². The summed E-state index contributed by atoms with van der Waals surface area (Å²) in [6.07, 6.45) is 0.0601. The Labute approximate surface area is 103 Å². The van der Waals surface area contributed by atoms with E-state index in [-0.39, 0.29) is 11.9 Å². The van der Waals surface area contributed by atoms with Crippen molar-refractivity contribution in [2.45, 2.75) is 26.9 Å². The molecule has 0 aliphatic carbocycles. The highest BCUT2D eigenvalue weighted by atomic mass is 16.5. The van der Waals surface area contributed by atoms with Crippen LogP contribution >= 0.6 is 0 Å². The highest BCUT2D eigenvalue weighted by molar-refractivity contribution is 5.96. The predicted molar refractivity (Wildman–Crippen MR) is 69.8 cm³/mol. The van der Waals surface area contributed by atoms with Crippen molar-refractivity contribution in [1.29, 1.82) is 0 Å². The molecule has 0 unspecified atom stereocenters. The lowest BCUT2D eigenvalue weighted by atomic mass is 10.1. The Bertz CT molecular complexity index is 399. The van der Waals surface area contributed by atoms with Crippen molar-refractivity contribution < 1.29 is 9.53 Å². The van der Waals surface area contributed by atoms with Crippen LogP contribution in [0.5, 0.6) is 5.75 Å². The Kier molecular flexibility index (Phi) is 4.70. The molecule has 94 valence electrons. The molecule has 0 spiro atoms. The highest BCUT2D eigenvalue weighted by Gasteiger charge is 2.12. The molecule has 0 aliphatic rings. The molecule has 1 aromatic rings. The van der Waals surface area contributed by atoms with Crippen LogP contribution < -0.4 is 4.74 Å². The maximum atomic E-state index is 11.5. The normalized spacial score (nSPS) is 12.6. The molecule has 1 atom stereocenters. The predicted octanol–water partition coefficient (Wildman–Crippen LogP) is 2.53. The molecular weight excluding hydrogens is 214 g/mol. The topological polar surface area (TPSA) is 29.5 Å². The van der Waals surface area contributed by atoms with Gasteiger partial charge >= 0.3 is 0 Å². The lowest BCUT2D eigenvalue weighted by Crippen LogP contribution is -2.28. The SMILES string of the molecule is CC(=O)c1ccc(C)cc1O[C@H](C)CN(C)C. The second-order valence-electron chi connectivity index (χ2n) is 4.75. The Morgan fingerprint density at radius 2 is 2.06 bits per heavy atom. The van der Waals surface area contributed by atoms with Crippen LogP contribution in [0.1, 0.15) is 29.8 Å². The summed E-state index contributed by atoms with van der Waals surface area (Å²) < 4.78 is 5.84. The van der Waals surface area contributed by atoms with Crippen LogP contribution in [0.25, 0.3) is 0 Å². The van der Waals surface area contributed by atoms with E-state index in [9.17, 15) is 4.79 Å². The number of ether oxygens (including phenoxy) is 1. The zero-order chi connectivity index (χ0) is 13.0. The van der Waals surface area contributed by atoms with Gasteiger partial charge in [-0.25, -0.2) is 0 Å². The number of benzene rings is 1.